The number of carbonyl (C=O) groups is 3. The van der Waals surface area contributed by atoms with Gasteiger partial charge < -0.3 is 10.1 Å². The summed E-state index contributed by atoms with van der Waals surface area (Å²) in [5.41, 5.74) is 0.353. The van der Waals surface area contributed by atoms with Gasteiger partial charge in [0.25, 0.3) is 5.91 Å². The Bertz CT molecular complexity index is 910. The fourth-order valence-electron chi connectivity index (χ4n) is 2.39. The van der Waals surface area contributed by atoms with Crippen molar-refractivity contribution in [2.75, 3.05) is 11.9 Å². The maximum atomic E-state index is 12.9. The molecule has 0 aliphatic carbocycles. The second-order valence-corrected chi connectivity index (χ2v) is 5.94. The van der Waals surface area contributed by atoms with E-state index in [4.69, 9.17) is 0 Å². The molecule has 0 bridgehead atoms. The van der Waals surface area contributed by atoms with Crippen LogP contribution in [0.15, 0.2) is 42.5 Å². The minimum atomic E-state index is -4.75. The summed E-state index contributed by atoms with van der Waals surface area (Å²) >= 11 is 0. The molecule has 0 atom stereocenters. The van der Waals surface area contributed by atoms with Crippen molar-refractivity contribution in [3.8, 4) is 0 Å². The second kappa shape index (κ2) is 8.55. The number of urea groups is 1. The van der Waals surface area contributed by atoms with Gasteiger partial charge in [0, 0.05) is 5.69 Å². The predicted molar refractivity (Wildman–Crippen MR) is 94.8 cm³/mol. The van der Waals surface area contributed by atoms with E-state index in [9.17, 15) is 27.6 Å². The Hall–Kier alpha value is -3.36. The topological polar surface area (TPSA) is 84.5 Å². The first-order valence-corrected chi connectivity index (χ1v) is 8.09. The van der Waals surface area contributed by atoms with Crippen LogP contribution < -0.4 is 10.6 Å². The second-order valence-electron chi connectivity index (χ2n) is 5.94. The zero-order valence-electron chi connectivity index (χ0n) is 15.0. The van der Waals surface area contributed by atoms with Crippen molar-refractivity contribution in [1.29, 1.82) is 0 Å². The highest BCUT2D eigenvalue weighted by Crippen LogP contribution is 2.32. The van der Waals surface area contributed by atoms with E-state index in [0.717, 1.165) is 29.3 Å². The van der Waals surface area contributed by atoms with Crippen LogP contribution in [0.1, 0.15) is 27.0 Å². The van der Waals surface area contributed by atoms with Crippen LogP contribution in [-0.4, -0.2) is 24.5 Å². The molecular weight excluding hydrogens is 377 g/mol. The summed E-state index contributed by atoms with van der Waals surface area (Å²) < 4.78 is 43.3. The Kier molecular flexibility index (Phi) is 6.40. The van der Waals surface area contributed by atoms with Gasteiger partial charge in [0.1, 0.15) is 0 Å². The first-order valence-electron chi connectivity index (χ1n) is 8.09. The van der Waals surface area contributed by atoms with Crippen LogP contribution in [0.3, 0.4) is 0 Å². The summed E-state index contributed by atoms with van der Waals surface area (Å²) in [6.07, 6.45) is -4.75. The molecule has 2 N–H and O–H groups in total. The molecule has 2 aromatic rings. The predicted octanol–water partition coefficient (Wildman–Crippen LogP) is 3.83. The molecule has 0 saturated carbocycles. The van der Waals surface area contributed by atoms with Gasteiger partial charge in [-0.15, -0.1) is 0 Å². The highest BCUT2D eigenvalue weighted by Gasteiger charge is 2.35. The van der Waals surface area contributed by atoms with Crippen LogP contribution in [0, 0.1) is 13.8 Å². The monoisotopic (exact) mass is 394 g/mol. The van der Waals surface area contributed by atoms with Gasteiger partial charge in [0.05, 0.1) is 11.1 Å². The number of benzene rings is 2. The van der Waals surface area contributed by atoms with Crippen LogP contribution >= 0.6 is 0 Å². The minimum Gasteiger partial charge on any atom is -0.452 e. The minimum absolute atomic E-state index is 0.479. The lowest BCUT2D eigenvalue weighted by atomic mass is 10.1. The van der Waals surface area contributed by atoms with Gasteiger partial charge in [-0.2, -0.15) is 13.2 Å². The molecule has 2 rings (SSSR count). The SMILES string of the molecule is Cc1ccc(NC(=O)NC(=O)COC(=O)c2ccccc2C(F)(F)F)c(C)c1. The lowest BCUT2D eigenvalue weighted by Gasteiger charge is -2.12. The Labute approximate surface area is 158 Å². The van der Waals surface area contributed by atoms with Gasteiger partial charge in [-0.25, -0.2) is 9.59 Å². The van der Waals surface area contributed by atoms with Gasteiger partial charge in [0.2, 0.25) is 0 Å². The third-order valence-electron chi connectivity index (χ3n) is 3.67. The average Bonchev–Trinajstić information content (AvgIpc) is 2.61. The number of halogens is 3. The zero-order chi connectivity index (χ0) is 20.9. The molecule has 0 aliphatic heterocycles. The summed E-state index contributed by atoms with van der Waals surface area (Å²) in [6, 6.07) is 8.44. The molecular formula is C19H17F3N2O4. The number of ether oxygens (including phenoxy) is 1. The van der Waals surface area contributed by atoms with Crippen molar-refractivity contribution in [3.05, 3.63) is 64.7 Å². The van der Waals surface area contributed by atoms with Crippen LogP contribution in [0.2, 0.25) is 0 Å². The van der Waals surface area contributed by atoms with Crippen molar-refractivity contribution < 1.29 is 32.3 Å². The Morgan fingerprint density at radius 2 is 1.71 bits per heavy atom. The van der Waals surface area contributed by atoms with Crippen molar-refractivity contribution >= 4 is 23.6 Å². The van der Waals surface area contributed by atoms with E-state index in [-0.39, 0.29) is 0 Å². The number of hydrogen-bond acceptors (Lipinski definition) is 4. The molecule has 2 aromatic carbocycles. The van der Waals surface area contributed by atoms with Crippen molar-refractivity contribution in [1.82, 2.24) is 5.32 Å². The number of amides is 3. The molecule has 6 nitrogen and oxygen atoms in total. The molecule has 9 heteroatoms. The van der Waals surface area contributed by atoms with Crippen LogP contribution in [-0.2, 0) is 15.7 Å². The van der Waals surface area contributed by atoms with Crippen molar-refractivity contribution in [2.45, 2.75) is 20.0 Å². The molecule has 0 spiro atoms. The molecule has 28 heavy (non-hydrogen) atoms. The van der Waals surface area contributed by atoms with E-state index in [1.807, 2.05) is 18.3 Å². The molecule has 0 heterocycles. The van der Waals surface area contributed by atoms with Crippen LogP contribution in [0.5, 0.6) is 0 Å². The molecule has 0 radical (unpaired) electrons. The fourth-order valence-corrected chi connectivity index (χ4v) is 2.39. The number of nitrogens with one attached hydrogen (secondary N) is 2. The lowest BCUT2D eigenvalue weighted by molar-refractivity contribution is -0.138. The number of hydrogen-bond donors (Lipinski definition) is 2. The number of imide groups is 1. The highest BCUT2D eigenvalue weighted by atomic mass is 19.4. The number of aryl methyl sites for hydroxylation is 2. The Morgan fingerprint density at radius 1 is 1.04 bits per heavy atom. The van der Waals surface area contributed by atoms with E-state index in [0.29, 0.717) is 5.69 Å². The maximum absolute atomic E-state index is 12.9. The summed E-state index contributed by atoms with van der Waals surface area (Å²) in [5.74, 6) is -2.31. The number of rotatable bonds is 4. The van der Waals surface area contributed by atoms with E-state index < -0.39 is 41.8 Å². The van der Waals surface area contributed by atoms with E-state index in [1.165, 1.54) is 6.07 Å². The molecule has 0 saturated heterocycles. The van der Waals surface area contributed by atoms with Crippen molar-refractivity contribution in [2.24, 2.45) is 0 Å². The van der Waals surface area contributed by atoms with Gasteiger partial charge in [0.15, 0.2) is 6.61 Å². The molecule has 0 fully saturated rings. The molecule has 0 aromatic heterocycles. The number of alkyl halides is 3. The Balaban J connectivity index is 1.92. The van der Waals surface area contributed by atoms with Gasteiger partial charge in [-0.1, -0.05) is 29.8 Å². The Morgan fingerprint density at radius 3 is 2.36 bits per heavy atom. The lowest BCUT2D eigenvalue weighted by Crippen LogP contribution is -2.37. The highest BCUT2D eigenvalue weighted by molar-refractivity contribution is 6.02. The van der Waals surface area contributed by atoms with E-state index >= 15 is 0 Å². The summed E-state index contributed by atoms with van der Waals surface area (Å²) in [7, 11) is 0. The normalized spacial score (nSPS) is 10.9. The maximum Gasteiger partial charge on any atom is 0.417 e. The summed E-state index contributed by atoms with van der Waals surface area (Å²) in [4.78, 5) is 35.4. The van der Waals surface area contributed by atoms with Gasteiger partial charge >= 0.3 is 18.2 Å². The van der Waals surface area contributed by atoms with Crippen molar-refractivity contribution in [3.63, 3.8) is 0 Å². The number of carbonyl (C=O) groups excluding carboxylic acids is 3. The van der Waals surface area contributed by atoms with Crippen LogP contribution in [0.4, 0.5) is 23.7 Å². The smallest absolute Gasteiger partial charge is 0.417 e. The largest absolute Gasteiger partial charge is 0.452 e. The summed E-state index contributed by atoms with van der Waals surface area (Å²) in [6.45, 7) is 2.74. The van der Waals surface area contributed by atoms with E-state index in [1.54, 1.807) is 19.1 Å². The standard InChI is InChI=1S/C19H17F3N2O4/c1-11-7-8-15(12(2)9-11)23-18(27)24-16(25)10-28-17(26)13-5-3-4-6-14(13)19(20,21)22/h3-9H,10H2,1-2H3,(H2,23,24,25,27). The van der Waals surface area contributed by atoms with Crippen LogP contribution in [0.25, 0.3) is 0 Å². The first-order chi connectivity index (χ1) is 13.1. The van der Waals surface area contributed by atoms with Gasteiger partial charge in [-0.05, 0) is 37.6 Å². The van der Waals surface area contributed by atoms with Gasteiger partial charge in [-0.3, -0.25) is 10.1 Å². The molecule has 148 valence electrons. The number of esters is 1. The third-order valence-corrected chi connectivity index (χ3v) is 3.67. The number of anilines is 1. The molecule has 0 unspecified atom stereocenters. The first kappa shape index (κ1) is 20.9. The fraction of sp³-hybridized carbons (Fsp3) is 0.211. The third kappa shape index (κ3) is 5.57. The summed E-state index contributed by atoms with van der Waals surface area (Å²) in [5, 5.41) is 4.39. The quantitative estimate of drug-likeness (QED) is 0.772. The molecule has 3 amide bonds. The average molecular weight is 394 g/mol. The van der Waals surface area contributed by atoms with E-state index in [2.05, 4.69) is 10.1 Å². The zero-order valence-corrected chi connectivity index (χ0v) is 15.0. The molecule has 0 aliphatic rings.